The first kappa shape index (κ1) is 25.0. The van der Waals surface area contributed by atoms with E-state index in [-0.39, 0.29) is 11.7 Å². The Kier molecular flexibility index (Phi) is 7.96. The Hall–Kier alpha value is -3.06. The van der Waals surface area contributed by atoms with Crippen LogP contribution in [0, 0.1) is 0 Å². The molecule has 0 saturated carbocycles. The molecule has 0 unspecified atom stereocenters. The van der Waals surface area contributed by atoms with Crippen molar-refractivity contribution >= 4 is 49.5 Å². The van der Waals surface area contributed by atoms with Gasteiger partial charge in [0.15, 0.2) is 5.69 Å². The van der Waals surface area contributed by atoms with E-state index in [1.165, 1.54) is 18.4 Å². The molecule has 0 fully saturated rings. The van der Waals surface area contributed by atoms with Crippen LogP contribution in [-0.4, -0.2) is 36.0 Å². The van der Waals surface area contributed by atoms with Crippen molar-refractivity contribution < 1.29 is 22.5 Å². The van der Waals surface area contributed by atoms with Gasteiger partial charge in [-0.3, -0.25) is 9.27 Å². The number of allylic oxidation sites excluding steroid dienone is 8. The van der Waals surface area contributed by atoms with E-state index in [0.29, 0.717) is 23.5 Å². The number of methoxy groups -OCH3 is 1. The zero-order valence-electron chi connectivity index (χ0n) is 18.8. The third-order valence-electron chi connectivity index (χ3n) is 5.24. The van der Waals surface area contributed by atoms with E-state index in [1.807, 2.05) is 17.5 Å². The molecule has 2 aliphatic rings. The van der Waals surface area contributed by atoms with Crippen LogP contribution in [0.2, 0.25) is 0 Å². The summed E-state index contributed by atoms with van der Waals surface area (Å²) in [6.07, 6.45) is 16.4. The summed E-state index contributed by atoms with van der Waals surface area (Å²) in [5.41, 5.74) is 4.96. The summed E-state index contributed by atoms with van der Waals surface area (Å²) in [4.78, 5) is 21.2. The van der Waals surface area contributed by atoms with Gasteiger partial charge in [-0.05, 0) is 30.9 Å². The number of carbonyl (C=O) groups excluding carboxylic acids is 1. The lowest BCUT2D eigenvalue weighted by molar-refractivity contribution is 0.0596. The van der Waals surface area contributed by atoms with E-state index in [1.54, 1.807) is 29.0 Å². The molecule has 2 aliphatic carbocycles. The highest BCUT2D eigenvalue weighted by Crippen LogP contribution is 2.34. The first-order chi connectivity index (χ1) is 16.8. The van der Waals surface area contributed by atoms with Crippen LogP contribution in [0.3, 0.4) is 0 Å². The van der Waals surface area contributed by atoms with Gasteiger partial charge in [-0.15, -0.1) is 22.7 Å². The molecule has 12 heteroatoms. The summed E-state index contributed by atoms with van der Waals surface area (Å²) in [5, 5.41) is 6.91. The van der Waals surface area contributed by atoms with Crippen LogP contribution < -0.4 is 10.0 Å². The molecule has 3 N–H and O–H groups in total. The summed E-state index contributed by atoms with van der Waals surface area (Å²) in [7, 11) is -3.03. The average molecular weight is 533 g/mol. The Labute approximate surface area is 211 Å². The number of aromatic nitrogens is 2. The summed E-state index contributed by atoms with van der Waals surface area (Å²) in [6.45, 7) is 0. The van der Waals surface area contributed by atoms with Gasteiger partial charge in [-0.2, -0.15) is 8.42 Å². The minimum Gasteiger partial charge on any atom is -0.464 e. The Bertz CT molecular complexity index is 1350. The Morgan fingerprint density at radius 3 is 2.83 bits per heavy atom. The van der Waals surface area contributed by atoms with Gasteiger partial charge in [0.1, 0.15) is 10.0 Å². The van der Waals surface area contributed by atoms with Crippen LogP contribution in [-0.2, 0) is 15.0 Å². The first-order valence-corrected chi connectivity index (χ1v) is 13.9. The van der Waals surface area contributed by atoms with Crippen LogP contribution in [0.15, 0.2) is 64.7 Å². The molecule has 4 rings (SSSR count). The zero-order chi connectivity index (χ0) is 24.8. The lowest BCUT2D eigenvalue weighted by Crippen LogP contribution is -2.21. The van der Waals surface area contributed by atoms with E-state index in [0.717, 1.165) is 34.7 Å². The fourth-order valence-corrected chi connectivity index (χ4v) is 5.71. The number of nitrogens with one attached hydrogen (secondary N) is 2. The third-order valence-corrected chi connectivity index (χ3v) is 7.43. The van der Waals surface area contributed by atoms with E-state index >= 15 is 0 Å². The van der Waals surface area contributed by atoms with Crippen molar-refractivity contribution in [1.82, 2.24) is 14.7 Å². The fourth-order valence-electron chi connectivity index (χ4n) is 3.61. The second kappa shape index (κ2) is 11.1. The predicted octanol–water partition coefficient (Wildman–Crippen LogP) is 4.83. The number of thiazole rings is 2. The van der Waals surface area contributed by atoms with Gasteiger partial charge in [-0.1, -0.05) is 36.5 Å². The SMILES string of the molecule is COC(=O)c1ncsc1N[C@@H](CC1=CC=C(NS(=O)(=O)O)CC=C1)c1csc(C2=CCCC=C2)n1. The van der Waals surface area contributed by atoms with E-state index < -0.39 is 16.3 Å². The van der Waals surface area contributed by atoms with Gasteiger partial charge >= 0.3 is 16.3 Å². The summed E-state index contributed by atoms with van der Waals surface area (Å²) < 4.78 is 38.4. The lowest BCUT2D eigenvalue weighted by atomic mass is 10.0. The van der Waals surface area contributed by atoms with Gasteiger partial charge in [0, 0.05) is 23.1 Å². The van der Waals surface area contributed by atoms with Crippen LogP contribution >= 0.6 is 22.7 Å². The molecule has 0 spiro atoms. The molecule has 9 nitrogen and oxygen atoms in total. The van der Waals surface area contributed by atoms with Crippen molar-refractivity contribution in [2.75, 3.05) is 12.4 Å². The van der Waals surface area contributed by atoms with Gasteiger partial charge in [0.2, 0.25) is 0 Å². The molecule has 1 atom stereocenters. The average Bonchev–Trinajstić information content (AvgIpc) is 3.46. The van der Waals surface area contributed by atoms with Crippen molar-refractivity contribution in [2.24, 2.45) is 0 Å². The number of ether oxygens (including phenoxy) is 1. The molecule has 184 valence electrons. The maximum absolute atomic E-state index is 12.2. The second-order valence-corrected chi connectivity index (χ2v) is 10.6. The number of carbonyl (C=O) groups is 1. The fraction of sp³-hybridized carbons (Fsp3) is 0.261. The maximum Gasteiger partial charge on any atom is 0.359 e. The first-order valence-electron chi connectivity index (χ1n) is 10.7. The molecular weight excluding hydrogens is 508 g/mol. The number of anilines is 1. The maximum atomic E-state index is 12.2. The zero-order valence-corrected chi connectivity index (χ0v) is 21.3. The summed E-state index contributed by atoms with van der Waals surface area (Å²) >= 11 is 2.86. The van der Waals surface area contributed by atoms with Crippen molar-refractivity contribution in [1.29, 1.82) is 0 Å². The van der Waals surface area contributed by atoms with Gasteiger partial charge in [0.05, 0.1) is 24.4 Å². The molecule has 0 aromatic carbocycles. The molecule has 0 aliphatic heterocycles. The monoisotopic (exact) mass is 532 g/mol. The normalized spacial score (nSPS) is 16.6. The molecule has 2 aromatic heterocycles. The molecule has 0 bridgehead atoms. The van der Waals surface area contributed by atoms with Gasteiger partial charge in [-0.25, -0.2) is 14.8 Å². The van der Waals surface area contributed by atoms with Gasteiger partial charge in [0.25, 0.3) is 0 Å². The Balaban J connectivity index is 1.63. The van der Waals surface area contributed by atoms with Crippen LogP contribution in [0.4, 0.5) is 5.00 Å². The van der Waals surface area contributed by atoms with Gasteiger partial charge < -0.3 is 10.1 Å². The molecule has 2 aromatic rings. The second-order valence-electron chi connectivity index (χ2n) is 7.76. The summed E-state index contributed by atoms with van der Waals surface area (Å²) in [6, 6.07) is -0.294. The standard InChI is InChI=1S/C23H24N4O5S3/c1-32-23(28)20-22(34-14-24-20)25-18(19-13-33-21(26-19)16-7-3-2-4-8-16)12-15-6-5-9-17(11-10-15)27-35(29,30)31/h3,5-8,10-11,13-14,18,25,27H,2,4,9,12H2,1H3,(H,29,30,31)/t18-/m0/s1. The smallest absolute Gasteiger partial charge is 0.359 e. The largest absolute Gasteiger partial charge is 0.464 e. The van der Waals surface area contributed by atoms with E-state index in [4.69, 9.17) is 14.3 Å². The molecular formula is C23H24N4O5S3. The van der Waals surface area contributed by atoms with Crippen molar-refractivity contribution in [3.05, 3.63) is 81.1 Å². The molecule has 0 amide bonds. The Morgan fingerprint density at radius 2 is 2.09 bits per heavy atom. The highest BCUT2D eigenvalue weighted by atomic mass is 32.2. The quantitative estimate of drug-likeness (QED) is 0.309. The van der Waals surface area contributed by atoms with Crippen LogP contribution in [0.1, 0.15) is 52.9 Å². The van der Waals surface area contributed by atoms with Crippen LogP contribution in [0.5, 0.6) is 0 Å². The molecule has 0 saturated heterocycles. The predicted molar refractivity (Wildman–Crippen MR) is 138 cm³/mol. The van der Waals surface area contributed by atoms with Crippen molar-refractivity contribution in [2.45, 2.75) is 31.7 Å². The highest BCUT2D eigenvalue weighted by Gasteiger charge is 2.23. The number of hydrogen-bond donors (Lipinski definition) is 3. The summed E-state index contributed by atoms with van der Waals surface area (Å²) in [5.74, 6) is -0.526. The molecule has 35 heavy (non-hydrogen) atoms. The lowest BCUT2D eigenvalue weighted by Gasteiger charge is -2.18. The molecule has 0 radical (unpaired) electrons. The van der Waals surface area contributed by atoms with Crippen LogP contribution in [0.25, 0.3) is 5.57 Å². The van der Waals surface area contributed by atoms with Crippen molar-refractivity contribution in [3.8, 4) is 0 Å². The minimum atomic E-state index is -4.34. The number of rotatable bonds is 9. The number of hydrogen-bond acceptors (Lipinski definition) is 9. The topological polar surface area (TPSA) is 131 Å². The third kappa shape index (κ3) is 6.75. The number of nitrogens with zero attached hydrogens (tertiary/aromatic N) is 2. The highest BCUT2D eigenvalue weighted by molar-refractivity contribution is 7.83. The number of esters is 1. The van der Waals surface area contributed by atoms with Crippen molar-refractivity contribution in [3.63, 3.8) is 0 Å². The van der Waals surface area contributed by atoms with E-state index in [9.17, 15) is 13.2 Å². The molecule has 2 heterocycles. The van der Waals surface area contributed by atoms with E-state index in [2.05, 4.69) is 33.3 Å². The minimum absolute atomic E-state index is 0.209. The Morgan fingerprint density at radius 1 is 1.23 bits per heavy atom.